The van der Waals surface area contributed by atoms with E-state index < -0.39 is 0 Å². The van der Waals surface area contributed by atoms with E-state index in [1.807, 2.05) is 31.6 Å². The van der Waals surface area contributed by atoms with Crippen LogP contribution in [0.2, 0.25) is 0 Å². The van der Waals surface area contributed by atoms with E-state index in [4.69, 9.17) is 11.4 Å². The number of hydrogen-bond donors (Lipinski definition) is 1. The number of anilines is 1. The molecule has 32 heavy (non-hydrogen) atoms. The smallest absolute Gasteiger partial charge is 0.134 e. The van der Waals surface area contributed by atoms with E-state index in [-0.39, 0.29) is 0 Å². The van der Waals surface area contributed by atoms with Gasteiger partial charge in [-0.3, -0.25) is 4.99 Å². The van der Waals surface area contributed by atoms with Gasteiger partial charge < -0.3 is 10.2 Å². The molecule has 1 aliphatic carbocycles. The second-order valence-corrected chi connectivity index (χ2v) is 7.93. The molecule has 3 rings (SSSR count). The van der Waals surface area contributed by atoms with Gasteiger partial charge in [-0.2, -0.15) is 0 Å². The molecule has 1 fully saturated rings. The van der Waals surface area contributed by atoms with Crippen molar-refractivity contribution in [3.63, 3.8) is 0 Å². The van der Waals surface area contributed by atoms with Gasteiger partial charge in [-0.05, 0) is 60.6 Å². The lowest BCUT2D eigenvalue weighted by Gasteiger charge is -2.28. The topological polar surface area (TPSA) is 40.5 Å². The standard InChI is InChI=1S/C28H32N4/c1-6-11-24(19-29-4)26-16-17-27(31-28(26)30-25-14-10-15-25)23-13-9-12-22(18-23)21(7-2)20-32(5)8-3/h3,7,9,11-13,16-20,25H,2,6,10,14-15H2,1,4-5H3,(H,30,31)/b21-20+,24-11+,29-19?. The summed E-state index contributed by atoms with van der Waals surface area (Å²) in [4.78, 5) is 11.0. The predicted octanol–water partition coefficient (Wildman–Crippen LogP) is 6.26. The highest BCUT2D eigenvalue weighted by molar-refractivity contribution is 6.11. The first-order valence-electron chi connectivity index (χ1n) is 11.1. The third kappa shape index (κ3) is 5.56. The minimum atomic E-state index is 0.485. The fourth-order valence-corrected chi connectivity index (χ4v) is 3.65. The molecule has 2 aromatic rings. The third-order valence-electron chi connectivity index (χ3n) is 5.59. The van der Waals surface area contributed by atoms with Gasteiger partial charge in [-0.15, -0.1) is 0 Å². The maximum absolute atomic E-state index is 5.49. The lowest BCUT2D eigenvalue weighted by atomic mass is 9.92. The molecule has 0 saturated heterocycles. The zero-order chi connectivity index (χ0) is 22.9. The van der Waals surface area contributed by atoms with E-state index in [1.165, 1.54) is 19.3 Å². The summed E-state index contributed by atoms with van der Waals surface area (Å²) in [6.45, 7) is 6.08. The van der Waals surface area contributed by atoms with Gasteiger partial charge in [0.05, 0.1) is 5.69 Å². The largest absolute Gasteiger partial charge is 0.367 e. The van der Waals surface area contributed by atoms with Crippen LogP contribution in [0, 0.1) is 12.5 Å². The lowest BCUT2D eigenvalue weighted by molar-refractivity contribution is 0.444. The Morgan fingerprint density at radius 1 is 1.31 bits per heavy atom. The van der Waals surface area contributed by atoms with E-state index >= 15 is 0 Å². The Bertz CT molecular complexity index is 1080. The average molecular weight is 425 g/mol. The van der Waals surface area contributed by atoms with Crippen LogP contribution in [0.15, 0.2) is 66.3 Å². The minimum Gasteiger partial charge on any atom is -0.367 e. The van der Waals surface area contributed by atoms with E-state index in [2.05, 4.69) is 66.3 Å². The van der Waals surface area contributed by atoms with Gasteiger partial charge in [0, 0.05) is 49.7 Å². The molecule has 1 aromatic carbocycles. The van der Waals surface area contributed by atoms with Gasteiger partial charge in [-0.25, -0.2) is 4.98 Å². The Morgan fingerprint density at radius 2 is 2.12 bits per heavy atom. The Morgan fingerprint density at radius 3 is 2.75 bits per heavy atom. The second kappa shape index (κ2) is 11.2. The maximum Gasteiger partial charge on any atom is 0.134 e. The van der Waals surface area contributed by atoms with Crippen molar-refractivity contribution in [2.75, 3.05) is 19.4 Å². The number of terminal acetylenes is 1. The SMILES string of the molecule is C#CN(C)/C=C(\C=C)c1cccc(-c2ccc(/C(C=NC)=C/CC)c(NC3CCC3)n2)c1. The highest BCUT2D eigenvalue weighted by Crippen LogP contribution is 2.31. The predicted molar refractivity (Wildman–Crippen MR) is 138 cm³/mol. The number of pyridine rings is 1. The Kier molecular flexibility index (Phi) is 8.05. The number of benzene rings is 1. The molecule has 1 N–H and O–H groups in total. The number of allylic oxidation sites excluding steroid dienone is 4. The molecule has 0 aliphatic heterocycles. The summed E-state index contributed by atoms with van der Waals surface area (Å²) in [5.41, 5.74) is 6.17. The van der Waals surface area contributed by atoms with E-state index in [9.17, 15) is 0 Å². The number of aromatic nitrogens is 1. The molecule has 4 heteroatoms. The molecule has 1 heterocycles. The van der Waals surface area contributed by atoms with Gasteiger partial charge >= 0.3 is 0 Å². The highest BCUT2D eigenvalue weighted by atomic mass is 15.0. The maximum atomic E-state index is 5.49. The molecule has 0 bridgehead atoms. The van der Waals surface area contributed by atoms with Crippen molar-refractivity contribution in [2.24, 2.45) is 4.99 Å². The number of rotatable bonds is 9. The van der Waals surface area contributed by atoms with E-state index in [0.29, 0.717) is 6.04 Å². The van der Waals surface area contributed by atoms with Gasteiger partial charge in [-0.1, -0.05) is 50.3 Å². The highest BCUT2D eigenvalue weighted by Gasteiger charge is 2.20. The van der Waals surface area contributed by atoms with Gasteiger partial charge in [0.1, 0.15) is 5.82 Å². The first-order chi connectivity index (χ1) is 15.6. The lowest BCUT2D eigenvalue weighted by Crippen LogP contribution is -2.28. The third-order valence-corrected chi connectivity index (χ3v) is 5.59. The van der Waals surface area contributed by atoms with Crippen LogP contribution in [0.1, 0.15) is 43.7 Å². The van der Waals surface area contributed by atoms with E-state index in [1.54, 1.807) is 11.9 Å². The van der Waals surface area contributed by atoms with Gasteiger partial charge in [0.2, 0.25) is 0 Å². The molecule has 0 atom stereocenters. The summed E-state index contributed by atoms with van der Waals surface area (Å²) in [7, 11) is 3.64. The monoisotopic (exact) mass is 424 g/mol. The quantitative estimate of drug-likeness (QED) is 0.224. The van der Waals surface area contributed by atoms with Crippen LogP contribution in [-0.2, 0) is 0 Å². The molecule has 164 valence electrons. The summed E-state index contributed by atoms with van der Waals surface area (Å²) < 4.78 is 0. The normalized spacial score (nSPS) is 14.7. The summed E-state index contributed by atoms with van der Waals surface area (Å²) in [5.74, 6) is 0.920. The van der Waals surface area contributed by atoms with Crippen LogP contribution in [0.5, 0.6) is 0 Å². The van der Waals surface area contributed by atoms with Crippen LogP contribution in [0.4, 0.5) is 5.82 Å². The van der Waals surface area contributed by atoms with Crippen molar-refractivity contribution in [2.45, 2.75) is 38.6 Å². The summed E-state index contributed by atoms with van der Waals surface area (Å²) in [5, 5.41) is 3.67. The Labute approximate surface area is 192 Å². The molecule has 0 unspecified atom stereocenters. The van der Waals surface area contributed by atoms with Crippen molar-refractivity contribution in [3.05, 3.63) is 72.5 Å². The molecule has 1 saturated carbocycles. The van der Waals surface area contributed by atoms with Crippen molar-refractivity contribution in [1.82, 2.24) is 9.88 Å². The molecule has 1 aliphatic rings. The van der Waals surface area contributed by atoms with Crippen LogP contribution in [-0.4, -0.2) is 36.2 Å². The summed E-state index contributed by atoms with van der Waals surface area (Å²) in [6, 6.07) is 15.6. The molecule has 0 spiro atoms. The van der Waals surface area contributed by atoms with Crippen molar-refractivity contribution < 1.29 is 0 Å². The molecular formula is C28H32N4. The van der Waals surface area contributed by atoms with Crippen molar-refractivity contribution in [1.29, 1.82) is 0 Å². The van der Waals surface area contributed by atoms with Crippen LogP contribution in [0.25, 0.3) is 22.4 Å². The van der Waals surface area contributed by atoms with Crippen LogP contribution >= 0.6 is 0 Å². The molecule has 0 radical (unpaired) electrons. The minimum absolute atomic E-state index is 0.485. The Balaban J connectivity index is 2.04. The fourth-order valence-electron chi connectivity index (χ4n) is 3.65. The first kappa shape index (κ1) is 23.1. The summed E-state index contributed by atoms with van der Waals surface area (Å²) >= 11 is 0. The number of nitrogens with one attached hydrogen (secondary N) is 1. The number of aliphatic imine (C=N–C) groups is 1. The number of nitrogens with zero attached hydrogens (tertiary/aromatic N) is 3. The van der Waals surface area contributed by atoms with Gasteiger partial charge in [0.15, 0.2) is 0 Å². The zero-order valence-corrected chi connectivity index (χ0v) is 19.3. The Hall–Kier alpha value is -3.58. The second-order valence-electron chi connectivity index (χ2n) is 7.93. The van der Waals surface area contributed by atoms with Crippen molar-refractivity contribution >= 4 is 23.2 Å². The molecule has 1 aromatic heterocycles. The molecule has 0 amide bonds. The first-order valence-corrected chi connectivity index (χ1v) is 11.1. The average Bonchev–Trinajstić information content (AvgIpc) is 2.79. The summed E-state index contributed by atoms with van der Waals surface area (Å²) in [6.07, 6.45) is 17.9. The van der Waals surface area contributed by atoms with Crippen LogP contribution in [0.3, 0.4) is 0 Å². The van der Waals surface area contributed by atoms with E-state index in [0.717, 1.165) is 45.8 Å². The zero-order valence-electron chi connectivity index (χ0n) is 19.3. The van der Waals surface area contributed by atoms with Crippen molar-refractivity contribution in [3.8, 4) is 23.7 Å². The van der Waals surface area contributed by atoms with Crippen LogP contribution < -0.4 is 5.32 Å². The number of hydrogen-bond acceptors (Lipinski definition) is 4. The molecule has 4 nitrogen and oxygen atoms in total. The molecular weight excluding hydrogens is 392 g/mol. The fraction of sp³-hybridized carbons (Fsp3) is 0.286. The van der Waals surface area contributed by atoms with Gasteiger partial charge in [0.25, 0.3) is 0 Å².